The molecule has 3 N–H and O–H groups in total. The van der Waals surface area contributed by atoms with Crippen molar-refractivity contribution < 1.29 is 35.9 Å². The van der Waals surface area contributed by atoms with Crippen molar-refractivity contribution in [2.45, 2.75) is 31.7 Å². The van der Waals surface area contributed by atoms with Gasteiger partial charge in [-0.1, -0.05) is 36.4 Å². The molecule has 0 aliphatic carbocycles. The van der Waals surface area contributed by atoms with Crippen LogP contribution in [0.2, 0.25) is 0 Å². The van der Waals surface area contributed by atoms with Gasteiger partial charge in [0.25, 0.3) is 0 Å². The second-order valence-electron chi connectivity index (χ2n) is 5.48. The number of carbonyl (C=O) groups excluding carboxylic acids is 2. The van der Waals surface area contributed by atoms with E-state index in [0.717, 1.165) is 11.8 Å². The van der Waals surface area contributed by atoms with Crippen LogP contribution in [0.3, 0.4) is 0 Å². The number of halogens is 6. The molecule has 0 fully saturated rings. The van der Waals surface area contributed by atoms with Crippen molar-refractivity contribution in [2.75, 3.05) is 13.6 Å². The average molecular weight is 415 g/mol. The highest BCUT2D eigenvalue weighted by atomic mass is 19.4. The predicted octanol–water partition coefficient (Wildman–Crippen LogP) is 3.32. The summed E-state index contributed by atoms with van der Waals surface area (Å²) in [6.45, 7) is 6.59. The third kappa shape index (κ3) is 9.00. The van der Waals surface area contributed by atoms with Gasteiger partial charge in [0, 0.05) is 24.9 Å². The molecule has 0 amide bonds. The van der Waals surface area contributed by atoms with E-state index in [9.17, 15) is 31.1 Å². The van der Waals surface area contributed by atoms with Crippen molar-refractivity contribution >= 4 is 13.1 Å². The van der Waals surface area contributed by atoms with Crippen LogP contribution < -0.4 is 16.2 Å². The maximum absolute atomic E-state index is 12.4. The lowest BCUT2D eigenvalue weighted by atomic mass is 10.0. The molecule has 0 radical (unpaired) electrons. The van der Waals surface area contributed by atoms with Gasteiger partial charge in [0.15, 0.2) is 0 Å². The monoisotopic (exact) mass is 415 g/mol. The summed E-state index contributed by atoms with van der Waals surface area (Å²) in [4.78, 5) is 18.1. The Morgan fingerprint density at radius 1 is 1.04 bits per heavy atom. The number of hydrogen-bond donors (Lipinski definition) is 3. The SMILES string of the molecule is C=C(CNC(C)(C(F)(F)F)C(F)(F)F)NNC.C=O.Cc1ccc(C=O)cc1. The zero-order valence-electron chi connectivity index (χ0n) is 15.6. The molecule has 0 heterocycles. The first kappa shape index (κ1) is 27.8. The molecule has 0 unspecified atom stereocenters. The number of rotatable bonds is 6. The zero-order valence-corrected chi connectivity index (χ0v) is 15.6. The highest BCUT2D eigenvalue weighted by Crippen LogP contribution is 2.42. The first-order chi connectivity index (χ1) is 12.8. The summed E-state index contributed by atoms with van der Waals surface area (Å²) in [7, 11) is 1.40. The number of hydrazine groups is 1. The van der Waals surface area contributed by atoms with Gasteiger partial charge in [-0.15, -0.1) is 0 Å². The standard InChI is InChI=1S/C8H13F6N3.C8H8O.CH2O/c1-5(17-15-3)4-16-6(2,7(9,10)11)8(12,13)14;1-7-2-4-8(6-9)5-3-7;1-2/h15-17H,1,4H2,2-3H3;2-6H,1H3;1H2. The Morgan fingerprint density at radius 3 is 1.79 bits per heavy atom. The third-order valence-electron chi connectivity index (χ3n) is 3.30. The summed E-state index contributed by atoms with van der Waals surface area (Å²) in [6, 6.07) is 7.46. The van der Waals surface area contributed by atoms with Gasteiger partial charge in [-0.2, -0.15) is 26.3 Å². The summed E-state index contributed by atoms with van der Waals surface area (Å²) in [5.74, 6) is 0. The number of carbonyl (C=O) groups is 2. The first-order valence-electron chi connectivity index (χ1n) is 7.58. The van der Waals surface area contributed by atoms with E-state index in [2.05, 4.69) is 17.4 Å². The van der Waals surface area contributed by atoms with E-state index in [0.29, 0.717) is 0 Å². The van der Waals surface area contributed by atoms with Gasteiger partial charge in [-0.3, -0.25) is 10.1 Å². The van der Waals surface area contributed by atoms with Crippen molar-refractivity contribution in [1.82, 2.24) is 16.2 Å². The number of benzene rings is 1. The van der Waals surface area contributed by atoms with Gasteiger partial charge in [-0.25, -0.2) is 5.43 Å². The van der Waals surface area contributed by atoms with E-state index in [1.165, 1.54) is 17.9 Å². The predicted molar refractivity (Wildman–Crippen MR) is 93.5 cm³/mol. The molecule has 0 saturated heterocycles. The molecule has 0 atom stereocenters. The van der Waals surface area contributed by atoms with Crippen LogP contribution in [-0.2, 0) is 4.79 Å². The molecule has 11 heteroatoms. The molecule has 1 aromatic carbocycles. The molecule has 0 aromatic heterocycles. The minimum atomic E-state index is -5.45. The minimum Gasteiger partial charge on any atom is -0.325 e. The summed E-state index contributed by atoms with van der Waals surface area (Å²) in [6.07, 6.45) is -10.1. The Bertz CT molecular complexity index is 586. The van der Waals surface area contributed by atoms with Crippen molar-refractivity contribution in [3.63, 3.8) is 0 Å². The second-order valence-corrected chi connectivity index (χ2v) is 5.48. The fraction of sp³-hybridized carbons (Fsp3) is 0.412. The topological polar surface area (TPSA) is 70.2 Å². The van der Waals surface area contributed by atoms with Gasteiger partial charge in [0.05, 0.1) is 0 Å². The molecule has 160 valence electrons. The molecule has 0 aliphatic rings. The number of alkyl halides is 6. The second kappa shape index (κ2) is 12.1. The van der Waals surface area contributed by atoms with Gasteiger partial charge in [0.1, 0.15) is 13.1 Å². The van der Waals surface area contributed by atoms with Gasteiger partial charge < -0.3 is 10.2 Å². The van der Waals surface area contributed by atoms with E-state index in [1.807, 2.05) is 38.0 Å². The molecular weight excluding hydrogens is 392 g/mol. The highest BCUT2D eigenvalue weighted by molar-refractivity contribution is 5.74. The molecular formula is C17H23F6N3O2. The average Bonchev–Trinajstić information content (AvgIpc) is 2.61. The highest BCUT2D eigenvalue weighted by Gasteiger charge is 2.67. The molecule has 0 bridgehead atoms. The molecule has 1 rings (SSSR count). The Balaban J connectivity index is 0. The minimum absolute atomic E-state index is 0.0413. The van der Waals surface area contributed by atoms with E-state index in [4.69, 9.17) is 4.79 Å². The summed E-state index contributed by atoms with van der Waals surface area (Å²) >= 11 is 0. The summed E-state index contributed by atoms with van der Waals surface area (Å²) in [5.41, 5.74) is 2.50. The maximum atomic E-state index is 12.4. The Labute approximate surface area is 159 Å². The van der Waals surface area contributed by atoms with E-state index in [-0.39, 0.29) is 12.6 Å². The maximum Gasteiger partial charge on any atom is 0.415 e. The van der Waals surface area contributed by atoms with E-state index < -0.39 is 24.4 Å². The number of aryl methyl sites for hydroxylation is 1. The van der Waals surface area contributed by atoms with Gasteiger partial charge in [0.2, 0.25) is 5.54 Å². The molecule has 0 saturated carbocycles. The van der Waals surface area contributed by atoms with Crippen LogP contribution in [0.15, 0.2) is 36.5 Å². The Kier molecular flexibility index (Phi) is 12.1. The first-order valence-corrected chi connectivity index (χ1v) is 7.58. The number of aldehydes is 1. The van der Waals surface area contributed by atoms with Crippen LogP contribution in [0, 0.1) is 6.92 Å². The van der Waals surface area contributed by atoms with Gasteiger partial charge >= 0.3 is 12.4 Å². The van der Waals surface area contributed by atoms with Crippen molar-refractivity contribution in [3.8, 4) is 0 Å². The van der Waals surface area contributed by atoms with Crippen LogP contribution in [0.4, 0.5) is 26.3 Å². The lowest BCUT2D eigenvalue weighted by molar-refractivity contribution is -0.301. The summed E-state index contributed by atoms with van der Waals surface area (Å²) < 4.78 is 74.3. The van der Waals surface area contributed by atoms with Crippen LogP contribution in [0.1, 0.15) is 22.8 Å². The third-order valence-corrected chi connectivity index (χ3v) is 3.30. The molecule has 5 nitrogen and oxygen atoms in total. The quantitative estimate of drug-likeness (QED) is 0.378. The molecule has 0 aliphatic heterocycles. The summed E-state index contributed by atoms with van der Waals surface area (Å²) in [5, 5.41) is 1.41. The van der Waals surface area contributed by atoms with E-state index >= 15 is 0 Å². The lowest BCUT2D eigenvalue weighted by Gasteiger charge is -2.35. The van der Waals surface area contributed by atoms with Crippen LogP contribution in [-0.4, -0.2) is 44.6 Å². The molecule has 1 aromatic rings. The molecule has 0 spiro atoms. The van der Waals surface area contributed by atoms with Crippen LogP contribution in [0.25, 0.3) is 0 Å². The fourth-order valence-corrected chi connectivity index (χ4v) is 1.51. The van der Waals surface area contributed by atoms with Crippen LogP contribution >= 0.6 is 0 Å². The Morgan fingerprint density at radius 2 is 1.46 bits per heavy atom. The zero-order chi connectivity index (χ0) is 22.6. The van der Waals surface area contributed by atoms with Crippen LogP contribution in [0.5, 0.6) is 0 Å². The smallest absolute Gasteiger partial charge is 0.325 e. The fourth-order valence-electron chi connectivity index (χ4n) is 1.51. The molecule has 28 heavy (non-hydrogen) atoms. The van der Waals surface area contributed by atoms with E-state index in [1.54, 1.807) is 0 Å². The number of hydrogen-bond acceptors (Lipinski definition) is 5. The normalized spacial score (nSPS) is 11.3. The lowest BCUT2D eigenvalue weighted by Crippen LogP contribution is -2.64. The van der Waals surface area contributed by atoms with Crippen molar-refractivity contribution in [2.24, 2.45) is 0 Å². The Hall–Kier alpha value is -2.40. The largest absolute Gasteiger partial charge is 0.415 e. The van der Waals surface area contributed by atoms with Crippen molar-refractivity contribution in [3.05, 3.63) is 47.7 Å². The van der Waals surface area contributed by atoms with Crippen molar-refractivity contribution in [1.29, 1.82) is 0 Å². The number of nitrogens with one attached hydrogen (secondary N) is 3. The van der Waals surface area contributed by atoms with Gasteiger partial charge in [-0.05, 0) is 13.8 Å².